The molecule has 0 bridgehead atoms. The molecular formula is C30H40N5NaO12S. The van der Waals surface area contributed by atoms with Crippen molar-refractivity contribution in [2.75, 3.05) is 37.4 Å². The summed E-state index contributed by atoms with van der Waals surface area (Å²) < 4.78 is 11.3. The molecule has 1 aliphatic heterocycles. The van der Waals surface area contributed by atoms with Gasteiger partial charge in [0.1, 0.15) is 18.4 Å². The van der Waals surface area contributed by atoms with Gasteiger partial charge in [-0.25, -0.2) is 0 Å². The number of carbonyl (C=O) groups excluding carboxylic acids is 3. The fourth-order valence-electron chi connectivity index (χ4n) is 5.04. The second-order valence-electron chi connectivity index (χ2n) is 10.5. The number of anilines is 1. The number of nitrogens with one attached hydrogen (secondary N) is 2. The van der Waals surface area contributed by atoms with E-state index in [1.54, 1.807) is 11.8 Å². The van der Waals surface area contributed by atoms with Crippen LogP contribution < -0.4 is 51.0 Å². The Morgan fingerprint density at radius 2 is 1.78 bits per heavy atom. The number of carboxylic acids is 1. The molecule has 5 atom stereocenters. The molecule has 1 fully saturated rings. The molecule has 0 aliphatic carbocycles. The molecule has 6 N–H and O–H groups in total. The van der Waals surface area contributed by atoms with Gasteiger partial charge in [0.15, 0.2) is 0 Å². The molecule has 0 radical (unpaired) electrons. The van der Waals surface area contributed by atoms with Crippen molar-refractivity contribution in [2.24, 2.45) is 0 Å². The average Bonchev–Trinajstić information content (AvgIpc) is 3.04. The summed E-state index contributed by atoms with van der Waals surface area (Å²) in [4.78, 5) is 55.7. The van der Waals surface area contributed by atoms with E-state index in [-0.39, 0.29) is 71.5 Å². The number of nitro groups is 2. The van der Waals surface area contributed by atoms with Gasteiger partial charge in [-0.2, -0.15) is 11.8 Å². The van der Waals surface area contributed by atoms with E-state index in [9.17, 15) is 45.1 Å². The number of hydrogen-bond acceptors (Lipinski definition) is 15. The van der Waals surface area contributed by atoms with E-state index in [2.05, 4.69) is 10.6 Å². The molecule has 264 valence electrons. The first-order valence-corrected chi connectivity index (χ1v) is 16.1. The van der Waals surface area contributed by atoms with Crippen molar-refractivity contribution in [3.63, 3.8) is 0 Å². The number of nitrogen functional groups attached to an aromatic ring is 1. The Balaban J connectivity index is 0.00000289. The standard InChI is InChI=1S/C28H37N5O11S.C2H4O.Na/c1-3-45-12-4-11-43-28(27(37)38)15-23(35)24(30-2)25(44-28)22(34)9-10-31-26(36)16-5-7-18(20(13-16)32(39)40)19-8-6-17(29)14-21(19)33(41)42;1-2-3;/h5-8,13-14,22-25,30,34-35H,3-4,9-12,15,29H2,1-2H3,(H,31,36)(H,37,38);2H,1H3;/q;;+1/p-1/t22?,23?,24-,25?,28-;;/m1../s1. The van der Waals surface area contributed by atoms with Gasteiger partial charge in [-0.1, -0.05) is 6.92 Å². The number of nitrogens with zero attached hydrogens (tertiary/aromatic N) is 2. The molecule has 2 aromatic carbocycles. The van der Waals surface area contributed by atoms with E-state index in [4.69, 9.17) is 20.0 Å². The van der Waals surface area contributed by atoms with Gasteiger partial charge in [-0.3, -0.25) is 25.0 Å². The van der Waals surface area contributed by atoms with E-state index < -0.39 is 69.7 Å². The van der Waals surface area contributed by atoms with Gasteiger partial charge < -0.3 is 50.7 Å². The number of aliphatic hydroxyl groups excluding tert-OH is 2. The number of aliphatic hydroxyl groups is 2. The van der Waals surface area contributed by atoms with Crippen LogP contribution in [0.1, 0.15) is 43.5 Å². The third kappa shape index (κ3) is 12.0. The number of ether oxygens (including phenoxy) is 2. The Bertz CT molecular complexity index is 1450. The Kier molecular flexibility index (Phi) is 18.9. The zero-order valence-corrected chi connectivity index (χ0v) is 30.5. The third-order valence-corrected chi connectivity index (χ3v) is 8.25. The average molecular weight is 718 g/mol. The first-order valence-electron chi connectivity index (χ1n) is 14.9. The van der Waals surface area contributed by atoms with E-state index in [1.165, 1.54) is 38.2 Å². The molecule has 17 nitrogen and oxygen atoms in total. The molecule has 2 aromatic rings. The molecule has 19 heteroatoms. The predicted molar refractivity (Wildman–Crippen MR) is 174 cm³/mol. The summed E-state index contributed by atoms with van der Waals surface area (Å²) in [6, 6.07) is 6.30. The van der Waals surface area contributed by atoms with Crippen LogP contribution >= 0.6 is 11.8 Å². The van der Waals surface area contributed by atoms with Gasteiger partial charge in [0.25, 0.3) is 17.3 Å². The zero-order chi connectivity index (χ0) is 36.0. The van der Waals surface area contributed by atoms with Crippen molar-refractivity contribution in [3.05, 3.63) is 62.2 Å². The monoisotopic (exact) mass is 717 g/mol. The number of thioether (sulfide) groups is 1. The maximum atomic E-state index is 12.9. The molecule has 1 saturated heterocycles. The number of aliphatic carboxylic acids is 1. The molecule has 1 heterocycles. The van der Waals surface area contributed by atoms with Crippen LogP contribution in [0.2, 0.25) is 0 Å². The Labute approximate surface area is 308 Å². The molecule has 1 aliphatic rings. The minimum atomic E-state index is -2.29. The zero-order valence-electron chi connectivity index (χ0n) is 27.7. The van der Waals surface area contributed by atoms with Crippen LogP contribution in [0.4, 0.5) is 17.1 Å². The summed E-state index contributed by atoms with van der Waals surface area (Å²) in [6.45, 7) is 3.28. The number of nitrogens with two attached hydrogens (primary N) is 1. The van der Waals surface area contributed by atoms with Crippen LogP contribution in [-0.2, 0) is 19.1 Å². The Hall–Kier alpha value is -3.20. The van der Waals surface area contributed by atoms with Crippen LogP contribution in [0.25, 0.3) is 11.1 Å². The first-order chi connectivity index (χ1) is 22.8. The quantitative estimate of drug-likeness (QED) is 0.0308. The van der Waals surface area contributed by atoms with E-state index >= 15 is 0 Å². The van der Waals surface area contributed by atoms with Crippen molar-refractivity contribution in [3.8, 4) is 11.1 Å². The second kappa shape index (κ2) is 21.1. The maximum absolute atomic E-state index is 12.9. The molecule has 0 saturated carbocycles. The fourth-order valence-corrected chi connectivity index (χ4v) is 5.65. The molecule has 1 amide bonds. The van der Waals surface area contributed by atoms with Crippen molar-refractivity contribution in [1.29, 1.82) is 0 Å². The topological polar surface area (TPSA) is 270 Å². The number of hydrogen-bond donors (Lipinski definition) is 5. The minimum Gasteiger partial charge on any atom is -0.544 e. The summed E-state index contributed by atoms with van der Waals surface area (Å²) in [5.74, 6) is -3.12. The number of amides is 1. The molecular weight excluding hydrogens is 677 g/mol. The second-order valence-corrected chi connectivity index (χ2v) is 11.9. The van der Waals surface area contributed by atoms with Crippen molar-refractivity contribution in [1.82, 2.24) is 10.6 Å². The van der Waals surface area contributed by atoms with Gasteiger partial charge in [-0.15, -0.1) is 0 Å². The van der Waals surface area contributed by atoms with E-state index in [0.717, 1.165) is 29.9 Å². The van der Waals surface area contributed by atoms with Crippen LogP contribution in [0.3, 0.4) is 0 Å². The normalized spacial score (nSPS) is 20.5. The minimum absolute atomic E-state index is 0. The third-order valence-electron chi connectivity index (χ3n) is 7.26. The largest absolute Gasteiger partial charge is 1.00 e. The number of rotatable bonds is 16. The van der Waals surface area contributed by atoms with Crippen LogP contribution in [0, 0.1) is 20.2 Å². The number of benzene rings is 2. The SMILES string of the molecule is CC=O.CCSCCCO[C@]1(C(=O)[O-])CC(O)[C@@H](NC)C(C(O)CCNC(=O)c2ccc(-c3ccc(N)cc3[N+](=O)[O-])c([N+](=O)[O-])c2)O1.[Na+]. The smallest absolute Gasteiger partial charge is 0.544 e. The fraction of sp³-hybridized carbons (Fsp3) is 0.500. The summed E-state index contributed by atoms with van der Waals surface area (Å²) in [6.07, 6.45) is -3.26. The first kappa shape index (κ1) is 43.8. The molecule has 49 heavy (non-hydrogen) atoms. The van der Waals surface area contributed by atoms with Gasteiger partial charge in [0.05, 0.1) is 45.8 Å². The summed E-state index contributed by atoms with van der Waals surface area (Å²) in [5.41, 5.74) is 4.47. The van der Waals surface area contributed by atoms with Crippen LogP contribution in [0.15, 0.2) is 36.4 Å². The summed E-state index contributed by atoms with van der Waals surface area (Å²) in [7, 11) is 1.50. The molecule has 3 unspecified atom stereocenters. The number of likely N-dealkylation sites (N-methyl/N-ethyl adjacent to an activating group) is 1. The van der Waals surface area contributed by atoms with Crippen molar-refractivity contribution < 1.29 is 78.6 Å². The van der Waals surface area contributed by atoms with Gasteiger partial charge >= 0.3 is 29.6 Å². The predicted octanol–water partition coefficient (Wildman–Crippen LogP) is -2.21. The number of carbonyl (C=O) groups is 3. The van der Waals surface area contributed by atoms with Crippen molar-refractivity contribution in [2.45, 2.75) is 63.3 Å². The van der Waals surface area contributed by atoms with Crippen LogP contribution in [-0.4, -0.2) is 100 Å². The number of aldehydes is 1. The Morgan fingerprint density at radius 3 is 2.33 bits per heavy atom. The number of nitro benzene ring substituents is 2. The number of carboxylic acid groups (broad SMARTS) is 1. The van der Waals surface area contributed by atoms with Gasteiger partial charge in [-0.05, 0) is 62.6 Å². The maximum Gasteiger partial charge on any atom is 1.00 e. The molecule has 0 spiro atoms. The van der Waals surface area contributed by atoms with Gasteiger partial charge in [0, 0.05) is 36.3 Å². The summed E-state index contributed by atoms with van der Waals surface area (Å²) in [5, 5.41) is 62.5. The van der Waals surface area contributed by atoms with Gasteiger partial charge in [0.2, 0.25) is 5.79 Å². The van der Waals surface area contributed by atoms with E-state index in [0.29, 0.717) is 6.42 Å². The molecule has 3 rings (SSSR count). The van der Waals surface area contributed by atoms with Crippen LogP contribution in [0.5, 0.6) is 0 Å². The summed E-state index contributed by atoms with van der Waals surface area (Å²) >= 11 is 1.65. The molecule has 0 aromatic heterocycles. The van der Waals surface area contributed by atoms with E-state index in [1.807, 2.05) is 6.92 Å². The Morgan fingerprint density at radius 1 is 1.18 bits per heavy atom. The van der Waals surface area contributed by atoms with Crippen molar-refractivity contribution >= 4 is 47.0 Å².